The molecule has 4 heteroatoms. The molecule has 0 spiro atoms. The number of hydrogen-bond acceptors (Lipinski definition) is 2. The molecule has 0 aliphatic carbocycles. The van der Waals surface area contributed by atoms with Crippen LogP contribution in [0.3, 0.4) is 0 Å². The quantitative estimate of drug-likeness (QED) is 0.887. The van der Waals surface area contributed by atoms with E-state index < -0.39 is 0 Å². The molecule has 0 unspecified atom stereocenters. The van der Waals surface area contributed by atoms with Crippen molar-refractivity contribution in [3.8, 4) is 0 Å². The Balaban J connectivity index is 2.07. The lowest BCUT2D eigenvalue weighted by Gasteiger charge is -2.28. The minimum Gasteiger partial charge on any atom is -0.381 e. The fourth-order valence-electron chi connectivity index (χ4n) is 1.99. The molecular weight excluding hydrogens is 245 g/mol. The van der Waals surface area contributed by atoms with Crippen LogP contribution in [0.4, 0.5) is 0 Å². The van der Waals surface area contributed by atoms with Crippen molar-refractivity contribution in [1.82, 2.24) is 0 Å². The lowest BCUT2D eigenvalue weighted by Crippen LogP contribution is -2.39. The third kappa shape index (κ3) is 2.89. The van der Waals surface area contributed by atoms with E-state index in [1.807, 2.05) is 12.1 Å². The second-order valence-electron chi connectivity index (χ2n) is 4.23. The van der Waals surface area contributed by atoms with Gasteiger partial charge < -0.3 is 10.5 Å². The molecule has 0 radical (unpaired) electrons. The van der Waals surface area contributed by atoms with Crippen molar-refractivity contribution >= 4 is 23.2 Å². The van der Waals surface area contributed by atoms with Crippen LogP contribution in [0.1, 0.15) is 12.0 Å². The average Bonchev–Trinajstić information content (AvgIpc) is 2.25. The van der Waals surface area contributed by atoms with Gasteiger partial charge in [-0.3, -0.25) is 0 Å². The molecule has 2 rings (SSSR count). The van der Waals surface area contributed by atoms with E-state index in [1.54, 1.807) is 6.07 Å². The van der Waals surface area contributed by atoms with Crippen molar-refractivity contribution < 1.29 is 4.74 Å². The first kappa shape index (κ1) is 12.2. The number of rotatable bonds is 2. The highest BCUT2D eigenvalue weighted by Gasteiger charge is 2.23. The van der Waals surface area contributed by atoms with E-state index in [2.05, 4.69) is 0 Å². The van der Waals surface area contributed by atoms with Gasteiger partial charge in [0.2, 0.25) is 0 Å². The fourth-order valence-corrected chi connectivity index (χ4v) is 2.48. The van der Waals surface area contributed by atoms with E-state index in [4.69, 9.17) is 33.7 Å². The van der Waals surface area contributed by atoms with Gasteiger partial charge in [-0.05, 0) is 30.5 Å². The van der Waals surface area contributed by atoms with Crippen molar-refractivity contribution in [3.05, 3.63) is 33.8 Å². The Morgan fingerprint density at radius 1 is 1.38 bits per heavy atom. The molecule has 0 bridgehead atoms. The van der Waals surface area contributed by atoms with Crippen molar-refractivity contribution in [3.63, 3.8) is 0 Å². The van der Waals surface area contributed by atoms with Gasteiger partial charge in [-0.25, -0.2) is 0 Å². The molecular formula is C12H15Cl2NO. The summed E-state index contributed by atoms with van der Waals surface area (Å²) in [7, 11) is 0. The minimum atomic E-state index is 0.209. The number of ether oxygens (including phenoxy) is 1. The van der Waals surface area contributed by atoms with Crippen LogP contribution in [0.25, 0.3) is 0 Å². The Morgan fingerprint density at radius 2 is 2.19 bits per heavy atom. The molecule has 1 aromatic carbocycles. The largest absolute Gasteiger partial charge is 0.381 e. The molecule has 1 aliphatic heterocycles. The Labute approximate surface area is 106 Å². The summed E-state index contributed by atoms with van der Waals surface area (Å²) in [5.74, 6) is 0.354. The summed E-state index contributed by atoms with van der Waals surface area (Å²) in [5, 5.41) is 1.38. The van der Waals surface area contributed by atoms with Gasteiger partial charge in [0.25, 0.3) is 0 Å². The van der Waals surface area contributed by atoms with Crippen molar-refractivity contribution in [2.45, 2.75) is 18.9 Å². The maximum atomic E-state index is 6.13. The van der Waals surface area contributed by atoms with E-state index in [0.717, 1.165) is 31.6 Å². The molecule has 16 heavy (non-hydrogen) atoms. The average molecular weight is 260 g/mol. The van der Waals surface area contributed by atoms with Gasteiger partial charge in [0.15, 0.2) is 0 Å². The Morgan fingerprint density at radius 3 is 2.88 bits per heavy atom. The van der Waals surface area contributed by atoms with Gasteiger partial charge >= 0.3 is 0 Å². The van der Waals surface area contributed by atoms with Gasteiger partial charge in [0, 0.05) is 28.6 Å². The van der Waals surface area contributed by atoms with Crippen LogP contribution in [-0.2, 0) is 11.2 Å². The van der Waals surface area contributed by atoms with Crippen LogP contribution in [0, 0.1) is 5.92 Å². The number of nitrogens with two attached hydrogens (primary N) is 1. The minimum absolute atomic E-state index is 0.209. The van der Waals surface area contributed by atoms with Crippen LogP contribution < -0.4 is 5.73 Å². The highest BCUT2D eigenvalue weighted by Crippen LogP contribution is 2.25. The summed E-state index contributed by atoms with van der Waals surface area (Å²) in [6.07, 6.45) is 1.78. The Bertz CT molecular complexity index is 370. The van der Waals surface area contributed by atoms with Crippen molar-refractivity contribution in [2.75, 3.05) is 13.2 Å². The first-order valence-corrected chi connectivity index (χ1v) is 6.19. The predicted octanol–water partition coefficient (Wildman–Crippen LogP) is 2.90. The van der Waals surface area contributed by atoms with E-state index in [-0.39, 0.29) is 6.04 Å². The van der Waals surface area contributed by atoms with E-state index >= 15 is 0 Å². The maximum Gasteiger partial charge on any atom is 0.0512 e. The molecule has 2 N–H and O–H groups in total. The second kappa shape index (κ2) is 5.37. The summed E-state index contributed by atoms with van der Waals surface area (Å²) in [5.41, 5.74) is 7.15. The molecule has 2 nitrogen and oxygen atoms in total. The highest BCUT2D eigenvalue weighted by atomic mass is 35.5. The van der Waals surface area contributed by atoms with Gasteiger partial charge in [-0.2, -0.15) is 0 Å². The Kier molecular flexibility index (Phi) is 4.09. The van der Waals surface area contributed by atoms with Crippen LogP contribution in [0.5, 0.6) is 0 Å². The van der Waals surface area contributed by atoms with Crippen molar-refractivity contribution in [1.29, 1.82) is 0 Å². The molecule has 0 amide bonds. The van der Waals surface area contributed by atoms with Gasteiger partial charge in [0.1, 0.15) is 0 Å². The number of halogens is 2. The zero-order valence-corrected chi connectivity index (χ0v) is 10.5. The molecule has 2 atom stereocenters. The SMILES string of the molecule is N[C@H]1CCOC[C@@H]1Cc1ccc(Cl)cc1Cl. The zero-order chi connectivity index (χ0) is 11.5. The maximum absolute atomic E-state index is 6.13. The molecule has 0 aromatic heterocycles. The molecule has 1 saturated heterocycles. The summed E-state index contributed by atoms with van der Waals surface area (Å²) < 4.78 is 5.44. The summed E-state index contributed by atoms with van der Waals surface area (Å²) >= 11 is 12.0. The molecule has 0 saturated carbocycles. The molecule has 1 aromatic rings. The monoisotopic (exact) mass is 259 g/mol. The lowest BCUT2D eigenvalue weighted by molar-refractivity contribution is 0.0422. The van der Waals surface area contributed by atoms with E-state index in [9.17, 15) is 0 Å². The standard InChI is InChI=1S/C12H15Cl2NO/c13-10-2-1-8(11(14)6-10)5-9-7-16-4-3-12(9)15/h1-2,6,9,12H,3-5,7,15H2/t9-,12-/m0/s1. The summed E-state index contributed by atoms with van der Waals surface area (Å²) in [4.78, 5) is 0. The van der Waals surface area contributed by atoms with Crippen LogP contribution in [0.15, 0.2) is 18.2 Å². The van der Waals surface area contributed by atoms with Crippen LogP contribution in [-0.4, -0.2) is 19.3 Å². The first-order chi connectivity index (χ1) is 7.66. The first-order valence-electron chi connectivity index (χ1n) is 5.44. The molecule has 1 fully saturated rings. The second-order valence-corrected chi connectivity index (χ2v) is 5.07. The van der Waals surface area contributed by atoms with Gasteiger partial charge in [-0.1, -0.05) is 29.3 Å². The lowest BCUT2D eigenvalue weighted by atomic mass is 9.90. The topological polar surface area (TPSA) is 35.2 Å². The highest BCUT2D eigenvalue weighted by molar-refractivity contribution is 6.35. The van der Waals surface area contributed by atoms with E-state index in [0.29, 0.717) is 16.0 Å². The third-order valence-electron chi connectivity index (χ3n) is 3.03. The number of benzene rings is 1. The molecule has 88 valence electrons. The van der Waals surface area contributed by atoms with Gasteiger partial charge in [0.05, 0.1) is 6.61 Å². The predicted molar refractivity (Wildman–Crippen MR) is 67.1 cm³/mol. The Hall–Kier alpha value is -0.280. The fraction of sp³-hybridized carbons (Fsp3) is 0.500. The smallest absolute Gasteiger partial charge is 0.0512 e. The normalized spacial score (nSPS) is 25.7. The van der Waals surface area contributed by atoms with E-state index in [1.165, 1.54) is 0 Å². The van der Waals surface area contributed by atoms with Crippen molar-refractivity contribution in [2.24, 2.45) is 11.7 Å². The van der Waals surface area contributed by atoms with Crippen LogP contribution in [0.2, 0.25) is 10.0 Å². The number of hydrogen-bond donors (Lipinski definition) is 1. The summed E-state index contributed by atoms with van der Waals surface area (Å²) in [6.45, 7) is 1.49. The van der Waals surface area contributed by atoms with Crippen LogP contribution >= 0.6 is 23.2 Å². The third-order valence-corrected chi connectivity index (χ3v) is 3.62. The summed E-state index contributed by atoms with van der Waals surface area (Å²) in [6, 6.07) is 5.80. The molecule has 1 heterocycles. The van der Waals surface area contributed by atoms with Gasteiger partial charge in [-0.15, -0.1) is 0 Å². The zero-order valence-electron chi connectivity index (χ0n) is 8.96. The molecule has 1 aliphatic rings.